The lowest BCUT2D eigenvalue weighted by Gasteiger charge is -2.16. The normalized spacial score (nSPS) is 17.5. The second-order valence-electron chi connectivity index (χ2n) is 3.92. The van der Waals surface area contributed by atoms with E-state index in [9.17, 15) is 10.2 Å². The minimum atomic E-state index is -1.71. The fraction of sp³-hybridized carbons (Fsp3) is 0.455. The molecule has 0 aromatic heterocycles. The summed E-state index contributed by atoms with van der Waals surface area (Å²) in [6.07, 6.45) is 2.55. The molecule has 0 heterocycles. The molecule has 0 spiro atoms. The van der Waals surface area contributed by atoms with Crippen LogP contribution in [0.4, 0.5) is 0 Å². The highest BCUT2D eigenvalue weighted by Gasteiger charge is 2.24. The van der Waals surface area contributed by atoms with Crippen molar-refractivity contribution in [2.45, 2.75) is 31.5 Å². The quantitative estimate of drug-likeness (QED) is 0.677. The molecule has 1 aliphatic carbocycles. The molecule has 2 N–H and O–H groups in total. The molecule has 0 atom stereocenters. The first-order chi connectivity index (χ1) is 6.07. The zero-order valence-electron chi connectivity index (χ0n) is 7.70. The molecule has 1 aromatic rings. The number of rotatable bonds is 2. The van der Waals surface area contributed by atoms with Crippen molar-refractivity contribution in [3.05, 3.63) is 35.4 Å². The van der Waals surface area contributed by atoms with Crippen molar-refractivity contribution in [3.63, 3.8) is 0 Å². The van der Waals surface area contributed by atoms with Crippen LogP contribution in [0.15, 0.2) is 24.3 Å². The van der Waals surface area contributed by atoms with Crippen molar-refractivity contribution >= 4 is 0 Å². The highest BCUT2D eigenvalue weighted by molar-refractivity contribution is 5.29. The van der Waals surface area contributed by atoms with E-state index in [1.165, 1.54) is 25.3 Å². The van der Waals surface area contributed by atoms with Crippen LogP contribution in [0.3, 0.4) is 0 Å². The summed E-state index contributed by atoms with van der Waals surface area (Å²) in [5.41, 5.74) is 1.87. The lowest BCUT2D eigenvalue weighted by molar-refractivity contribution is -0.152. The molecule has 2 heteroatoms. The maximum absolute atomic E-state index is 9.29. The van der Waals surface area contributed by atoms with E-state index in [-0.39, 0.29) is 0 Å². The maximum atomic E-state index is 9.29. The van der Waals surface area contributed by atoms with Gasteiger partial charge in [0.2, 0.25) is 0 Å². The fourth-order valence-corrected chi connectivity index (χ4v) is 1.49. The summed E-state index contributed by atoms with van der Waals surface area (Å²) in [6, 6.07) is 7.54. The summed E-state index contributed by atoms with van der Waals surface area (Å²) >= 11 is 0. The maximum Gasteiger partial charge on any atom is 0.186 e. The van der Waals surface area contributed by atoms with Crippen molar-refractivity contribution in [1.82, 2.24) is 0 Å². The van der Waals surface area contributed by atoms with Gasteiger partial charge in [-0.25, -0.2) is 0 Å². The zero-order chi connectivity index (χ0) is 9.47. The van der Waals surface area contributed by atoms with Gasteiger partial charge in [0.15, 0.2) is 5.79 Å². The monoisotopic (exact) mass is 178 g/mol. The van der Waals surface area contributed by atoms with Crippen LogP contribution in [0.25, 0.3) is 0 Å². The largest absolute Gasteiger partial charge is 0.362 e. The molecular formula is C11H14O2. The predicted octanol–water partition coefficient (Wildman–Crippen LogP) is 1.72. The highest BCUT2D eigenvalue weighted by atomic mass is 16.5. The van der Waals surface area contributed by atoms with Gasteiger partial charge in [0.05, 0.1) is 0 Å². The molecule has 1 aliphatic rings. The van der Waals surface area contributed by atoms with Crippen molar-refractivity contribution < 1.29 is 10.2 Å². The molecule has 70 valence electrons. The van der Waals surface area contributed by atoms with Crippen LogP contribution in [-0.2, 0) is 5.79 Å². The Kier molecular flexibility index (Phi) is 1.90. The topological polar surface area (TPSA) is 40.5 Å². The van der Waals surface area contributed by atoms with Crippen LogP contribution in [0.5, 0.6) is 0 Å². The Balaban J connectivity index is 2.22. The molecule has 2 rings (SSSR count). The van der Waals surface area contributed by atoms with E-state index >= 15 is 0 Å². The van der Waals surface area contributed by atoms with Gasteiger partial charge >= 0.3 is 0 Å². The van der Waals surface area contributed by atoms with Gasteiger partial charge in [-0.15, -0.1) is 0 Å². The van der Waals surface area contributed by atoms with E-state index in [0.717, 1.165) is 5.92 Å². The van der Waals surface area contributed by atoms with Gasteiger partial charge in [0.25, 0.3) is 0 Å². The SMILES string of the molecule is CC(O)(O)c1ccc(C2CC2)cc1. The molecule has 0 amide bonds. The predicted molar refractivity (Wildman–Crippen MR) is 50.2 cm³/mol. The Morgan fingerprint density at radius 3 is 2.08 bits per heavy atom. The van der Waals surface area contributed by atoms with Crippen molar-refractivity contribution in [1.29, 1.82) is 0 Å². The summed E-state index contributed by atoms with van der Waals surface area (Å²) < 4.78 is 0. The van der Waals surface area contributed by atoms with E-state index in [0.29, 0.717) is 5.56 Å². The molecule has 0 aliphatic heterocycles. The van der Waals surface area contributed by atoms with Crippen molar-refractivity contribution in [3.8, 4) is 0 Å². The van der Waals surface area contributed by atoms with Crippen LogP contribution in [0.2, 0.25) is 0 Å². The van der Waals surface area contributed by atoms with Gasteiger partial charge in [0.1, 0.15) is 0 Å². The fourth-order valence-electron chi connectivity index (χ4n) is 1.49. The summed E-state index contributed by atoms with van der Waals surface area (Å²) in [6.45, 7) is 1.37. The zero-order valence-corrected chi connectivity index (χ0v) is 7.70. The van der Waals surface area contributed by atoms with Gasteiger partial charge in [-0.05, 0) is 31.2 Å². The van der Waals surface area contributed by atoms with Crippen LogP contribution in [0, 0.1) is 0 Å². The van der Waals surface area contributed by atoms with Crippen molar-refractivity contribution in [2.24, 2.45) is 0 Å². The summed E-state index contributed by atoms with van der Waals surface area (Å²) in [7, 11) is 0. The first-order valence-corrected chi connectivity index (χ1v) is 4.62. The number of aliphatic hydroxyl groups is 2. The molecule has 1 aromatic carbocycles. The Hall–Kier alpha value is -0.860. The van der Waals surface area contributed by atoms with Crippen LogP contribution in [0.1, 0.15) is 36.8 Å². The summed E-state index contributed by atoms with van der Waals surface area (Å²) in [4.78, 5) is 0. The van der Waals surface area contributed by atoms with Crippen LogP contribution >= 0.6 is 0 Å². The standard InChI is InChI=1S/C11H14O2/c1-11(12,13)10-6-4-9(5-7-10)8-2-3-8/h4-8,12-13H,2-3H2,1H3. The Morgan fingerprint density at radius 1 is 1.15 bits per heavy atom. The second-order valence-corrected chi connectivity index (χ2v) is 3.92. The Morgan fingerprint density at radius 2 is 1.69 bits per heavy atom. The minimum absolute atomic E-state index is 0.553. The van der Waals surface area contributed by atoms with Gasteiger partial charge in [-0.1, -0.05) is 24.3 Å². The molecule has 0 unspecified atom stereocenters. The van der Waals surface area contributed by atoms with Gasteiger partial charge in [0, 0.05) is 5.56 Å². The van der Waals surface area contributed by atoms with E-state index in [2.05, 4.69) is 0 Å². The molecule has 0 radical (unpaired) electrons. The van der Waals surface area contributed by atoms with Crippen molar-refractivity contribution in [2.75, 3.05) is 0 Å². The average Bonchev–Trinajstić information content (AvgIpc) is 2.85. The average molecular weight is 178 g/mol. The van der Waals surface area contributed by atoms with Crippen LogP contribution in [-0.4, -0.2) is 10.2 Å². The van der Waals surface area contributed by atoms with Gasteiger partial charge < -0.3 is 10.2 Å². The third kappa shape index (κ3) is 1.90. The molecule has 0 saturated heterocycles. The van der Waals surface area contributed by atoms with E-state index in [1.807, 2.05) is 12.1 Å². The third-order valence-electron chi connectivity index (χ3n) is 2.51. The van der Waals surface area contributed by atoms with E-state index in [4.69, 9.17) is 0 Å². The molecule has 13 heavy (non-hydrogen) atoms. The lowest BCUT2D eigenvalue weighted by atomic mass is 10.0. The first-order valence-electron chi connectivity index (χ1n) is 4.62. The number of hydrogen-bond donors (Lipinski definition) is 2. The lowest BCUT2D eigenvalue weighted by Crippen LogP contribution is -2.19. The van der Waals surface area contributed by atoms with E-state index in [1.54, 1.807) is 12.1 Å². The first kappa shape index (κ1) is 8.73. The molecular weight excluding hydrogens is 164 g/mol. The third-order valence-corrected chi connectivity index (χ3v) is 2.51. The molecule has 2 nitrogen and oxygen atoms in total. The number of hydrogen-bond acceptors (Lipinski definition) is 2. The molecule has 0 bridgehead atoms. The highest BCUT2D eigenvalue weighted by Crippen LogP contribution is 2.40. The summed E-state index contributed by atoms with van der Waals surface area (Å²) in [5, 5.41) is 18.6. The Labute approximate surface area is 77.8 Å². The molecule has 1 fully saturated rings. The second kappa shape index (κ2) is 2.82. The van der Waals surface area contributed by atoms with Crippen LogP contribution < -0.4 is 0 Å². The number of benzene rings is 1. The van der Waals surface area contributed by atoms with E-state index < -0.39 is 5.79 Å². The smallest absolute Gasteiger partial charge is 0.186 e. The Bertz CT molecular complexity index is 291. The van der Waals surface area contributed by atoms with Gasteiger partial charge in [-0.2, -0.15) is 0 Å². The van der Waals surface area contributed by atoms with Gasteiger partial charge in [-0.3, -0.25) is 0 Å². The summed E-state index contributed by atoms with van der Waals surface area (Å²) in [5.74, 6) is -0.986. The molecule has 1 saturated carbocycles. The minimum Gasteiger partial charge on any atom is -0.362 e.